The van der Waals surface area contributed by atoms with Gasteiger partial charge in [-0.3, -0.25) is 0 Å². The first-order valence-electron chi connectivity index (χ1n) is 4.73. The smallest absolute Gasteiger partial charge is 0.166 e. The third-order valence-corrected chi connectivity index (χ3v) is 4.20. The molecule has 2 rings (SSSR count). The van der Waals surface area contributed by atoms with E-state index in [2.05, 4.69) is 0 Å². The van der Waals surface area contributed by atoms with Gasteiger partial charge in [0.25, 0.3) is 0 Å². The normalized spacial score (nSPS) is 12.2. The van der Waals surface area contributed by atoms with Crippen molar-refractivity contribution in [3.63, 3.8) is 0 Å². The van der Waals surface area contributed by atoms with Gasteiger partial charge in [-0.2, -0.15) is 13.2 Å². The van der Waals surface area contributed by atoms with Crippen LogP contribution in [0.2, 0.25) is 0 Å². The lowest BCUT2D eigenvalue weighted by molar-refractivity contribution is -0.137. The molecule has 0 saturated heterocycles. The number of rotatable bonds is 2. The summed E-state index contributed by atoms with van der Waals surface area (Å²) in [6.07, 6.45) is -4.25. The van der Waals surface area contributed by atoms with Crippen molar-refractivity contribution in [2.45, 2.75) is 18.0 Å². The Morgan fingerprint density at radius 3 is 2.69 bits per heavy atom. The molecule has 1 heterocycles. The van der Waals surface area contributed by atoms with Crippen LogP contribution in [-0.4, -0.2) is 5.75 Å². The number of alkyl halides is 3. The quantitative estimate of drug-likeness (QED) is 0.684. The van der Waals surface area contributed by atoms with Gasteiger partial charge in [0.05, 0.1) is 5.56 Å². The van der Waals surface area contributed by atoms with E-state index < -0.39 is 11.7 Å². The lowest BCUT2D eigenvalue weighted by atomic mass is 10.2. The van der Waals surface area contributed by atoms with Crippen LogP contribution in [0.1, 0.15) is 12.5 Å². The van der Waals surface area contributed by atoms with Crippen molar-refractivity contribution in [1.82, 2.24) is 0 Å². The van der Waals surface area contributed by atoms with E-state index in [1.807, 2.05) is 12.3 Å². The van der Waals surface area contributed by atoms with Crippen LogP contribution in [0, 0.1) is 0 Å². The monoisotopic (exact) mass is 262 g/mol. The van der Waals surface area contributed by atoms with Crippen LogP contribution in [0.5, 0.6) is 0 Å². The average molecular weight is 262 g/mol. The second kappa shape index (κ2) is 4.30. The highest BCUT2D eigenvalue weighted by Gasteiger charge is 2.30. The number of benzene rings is 1. The molecular weight excluding hydrogens is 253 g/mol. The zero-order valence-corrected chi connectivity index (χ0v) is 10.1. The summed E-state index contributed by atoms with van der Waals surface area (Å²) in [6, 6.07) is 3.93. The zero-order chi connectivity index (χ0) is 11.8. The Hall–Kier alpha value is -0.680. The van der Waals surface area contributed by atoms with Crippen LogP contribution in [0.15, 0.2) is 28.5 Å². The van der Waals surface area contributed by atoms with Crippen LogP contribution in [0.25, 0.3) is 10.1 Å². The standard InChI is InChI=1S/C11H9F3S2/c1-2-15-10-6-16-9-5-7(11(12,13)14)3-4-8(9)10/h3-6H,2H2,1H3. The van der Waals surface area contributed by atoms with Crippen molar-refractivity contribution in [3.8, 4) is 0 Å². The fourth-order valence-electron chi connectivity index (χ4n) is 1.45. The summed E-state index contributed by atoms with van der Waals surface area (Å²) in [6.45, 7) is 2.03. The molecule has 86 valence electrons. The van der Waals surface area contributed by atoms with E-state index in [9.17, 15) is 13.2 Å². The molecule has 0 atom stereocenters. The highest BCUT2D eigenvalue weighted by molar-refractivity contribution is 7.99. The zero-order valence-electron chi connectivity index (χ0n) is 8.47. The summed E-state index contributed by atoms with van der Waals surface area (Å²) < 4.78 is 38.1. The molecule has 0 amide bonds. The molecule has 0 aliphatic rings. The van der Waals surface area contributed by atoms with Crippen molar-refractivity contribution in [2.24, 2.45) is 0 Å². The molecule has 0 fully saturated rings. The van der Waals surface area contributed by atoms with E-state index in [1.54, 1.807) is 17.8 Å². The molecule has 1 aromatic heterocycles. The lowest BCUT2D eigenvalue weighted by Gasteiger charge is -2.06. The summed E-state index contributed by atoms with van der Waals surface area (Å²) in [7, 11) is 0. The van der Waals surface area contributed by atoms with Crippen molar-refractivity contribution >= 4 is 33.2 Å². The van der Waals surface area contributed by atoms with Gasteiger partial charge in [-0.25, -0.2) is 0 Å². The van der Waals surface area contributed by atoms with Crippen LogP contribution >= 0.6 is 23.1 Å². The van der Waals surface area contributed by atoms with Crippen LogP contribution in [0.4, 0.5) is 13.2 Å². The second-order valence-electron chi connectivity index (χ2n) is 3.24. The van der Waals surface area contributed by atoms with Gasteiger partial charge in [-0.15, -0.1) is 23.1 Å². The first-order chi connectivity index (χ1) is 7.52. The Morgan fingerprint density at radius 1 is 1.31 bits per heavy atom. The van der Waals surface area contributed by atoms with Gasteiger partial charge < -0.3 is 0 Å². The number of hydrogen-bond donors (Lipinski definition) is 0. The minimum absolute atomic E-state index is 0.574. The number of hydrogen-bond acceptors (Lipinski definition) is 2. The molecule has 0 aliphatic carbocycles. The number of thiophene rings is 1. The van der Waals surface area contributed by atoms with Crippen LogP contribution < -0.4 is 0 Å². The molecule has 0 bridgehead atoms. The molecular formula is C11H9F3S2. The largest absolute Gasteiger partial charge is 0.416 e. The van der Waals surface area contributed by atoms with Crippen molar-refractivity contribution in [3.05, 3.63) is 29.1 Å². The Kier molecular flexibility index (Phi) is 3.17. The van der Waals surface area contributed by atoms with E-state index in [1.165, 1.54) is 17.4 Å². The SMILES string of the molecule is CCSc1csc2cc(C(F)(F)F)ccc12. The van der Waals surface area contributed by atoms with Crippen LogP contribution in [0.3, 0.4) is 0 Å². The highest BCUT2D eigenvalue weighted by Crippen LogP contribution is 2.37. The molecule has 5 heteroatoms. The molecule has 0 nitrogen and oxygen atoms in total. The molecule has 16 heavy (non-hydrogen) atoms. The predicted molar refractivity (Wildman–Crippen MR) is 63.2 cm³/mol. The molecule has 0 N–H and O–H groups in total. The molecule has 0 aliphatic heterocycles. The maximum Gasteiger partial charge on any atom is 0.416 e. The van der Waals surface area contributed by atoms with Crippen molar-refractivity contribution in [1.29, 1.82) is 0 Å². The molecule has 1 aromatic carbocycles. The summed E-state index contributed by atoms with van der Waals surface area (Å²) in [4.78, 5) is 1.07. The van der Waals surface area contributed by atoms with E-state index in [0.717, 1.165) is 22.1 Å². The van der Waals surface area contributed by atoms with Crippen molar-refractivity contribution < 1.29 is 13.2 Å². The molecule has 2 aromatic rings. The van der Waals surface area contributed by atoms with E-state index in [-0.39, 0.29) is 0 Å². The average Bonchev–Trinajstić information content (AvgIpc) is 2.60. The Morgan fingerprint density at radius 2 is 2.06 bits per heavy atom. The minimum atomic E-state index is -4.25. The topological polar surface area (TPSA) is 0 Å². The number of thioether (sulfide) groups is 1. The molecule has 0 unspecified atom stereocenters. The van der Waals surface area contributed by atoms with Gasteiger partial charge in [0, 0.05) is 20.4 Å². The number of fused-ring (bicyclic) bond motifs is 1. The lowest BCUT2D eigenvalue weighted by Crippen LogP contribution is -2.03. The number of halogens is 3. The maximum absolute atomic E-state index is 12.5. The molecule has 0 spiro atoms. The summed E-state index contributed by atoms with van der Waals surface area (Å²) >= 11 is 3.02. The fraction of sp³-hybridized carbons (Fsp3) is 0.273. The van der Waals surface area contributed by atoms with Gasteiger partial charge in [-0.1, -0.05) is 13.0 Å². The van der Waals surface area contributed by atoms with Gasteiger partial charge in [-0.05, 0) is 17.9 Å². The van der Waals surface area contributed by atoms with Crippen LogP contribution in [-0.2, 0) is 6.18 Å². The predicted octanol–water partition coefficient (Wildman–Crippen LogP) is 5.03. The van der Waals surface area contributed by atoms with E-state index in [0.29, 0.717) is 4.70 Å². The molecule has 0 radical (unpaired) electrons. The Bertz CT molecular complexity index is 499. The molecule has 0 saturated carbocycles. The van der Waals surface area contributed by atoms with E-state index >= 15 is 0 Å². The van der Waals surface area contributed by atoms with Gasteiger partial charge in [0.1, 0.15) is 0 Å². The third-order valence-electron chi connectivity index (χ3n) is 2.17. The highest BCUT2D eigenvalue weighted by atomic mass is 32.2. The summed E-state index contributed by atoms with van der Waals surface area (Å²) in [5.74, 6) is 0.923. The minimum Gasteiger partial charge on any atom is -0.166 e. The maximum atomic E-state index is 12.5. The van der Waals surface area contributed by atoms with E-state index in [4.69, 9.17) is 0 Å². The third kappa shape index (κ3) is 2.20. The Balaban J connectivity index is 2.49. The second-order valence-corrected chi connectivity index (χ2v) is 5.46. The first-order valence-corrected chi connectivity index (χ1v) is 6.60. The van der Waals surface area contributed by atoms with Gasteiger partial charge in [0.15, 0.2) is 0 Å². The van der Waals surface area contributed by atoms with Crippen molar-refractivity contribution in [2.75, 3.05) is 5.75 Å². The Labute approximate surface area is 99.5 Å². The summed E-state index contributed by atoms with van der Waals surface area (Å²) in [5, 5.41) is 2.84. The van der Waals surface area contributed by atoms with Gasteiger partial charge in [0.2, 0.25) is 0 Å². The summed E-state index contributed by atoms with van der Waals surface area (Å²) in [5.41, 5.74) is -0.574. The first kappa shape index (κ1) is 11.8. The van der Waals surface area contributed by atoms with Gasteiger partial charge >= 0.3 is 6.18 Å². The fourth-order valence-corrected chi connectivity index (χ4v) is 3.43.